The van der Waals surface area contributed by atoms with E-state index >= 15 is 8.78 Å². The Morgan fingerprint density at radius 2 is 1.57 bits per heavy atom. The second-order valence-corrected chi connectivity index (χ2v) is 19.9. The third-order valence-electron chi connectivity index (χ3n) is 14.3. The van der Waals surface area contributed by atoms with Gasteiger partial charge in [-0.15, -0.1) is 0 Å². The van der Waals surface area contributed by atoms with E-state index in [4.69, 9.17) is 0 Å². The number of nitrogens with one attached hydrogen (secondary N) is 5. The molecule has 0 aliphatic carbocycles. The van der Waals surface area contributed by atoms with E-state index in [1.165, 1.54) is 24.5 Å². The molecular weight excluding hydrogens is 901 g/mol. The maximum atomic E-state index is 15.7. The lowest BCUT2D eigenvalue weighted by molar-refractivity contribution is -0.136. The summed E-state index contributed by atoms with van der Waals surface area (Å²) in [6.45, 7) is 9.14. The van der Waals surface area contributed by atoms with Gasteiger partial charge in [-0.05, 0) is 86.4 Å². The van der Waals surface area contributed by atoms with Crippen molar-refractivity contribution in [1.29, 1.82) is 0 Å². The van der Waals surface area contributed by atoms with Crippen LogP contribution in [0.4, 0.5) is 31.8 Å². The molecule has 1 spiro atoms. The van der Waals surface area contributed by atoms with Crippen LogP contribution in [-0.4, -0.2) is 113 Å². The minimum absolute atomic E-state index is 0.0347. The number of hydrogen-bond acceptors (Lipinski definition) is 13. The summed E-state index contributed by atoms with van der Waals surface area (Å²) in [5.74, 6) is -2.29. The smallest absolute Gasteiger partial charge is 0.264 e. The van der Waals surface area contributed by atoms with Gasteiger partial charge in [0.05, 0.1) is 28.9 Å². The SMILES string of the molecule is CC1(C)CCN(Cc2cc(F)c(N3CC(=O)NC4(CCN(c5cc(NCc6cccc(CNC(=O)CCCNc7cccc8c7C(=O)N(C7CCC(=O)NC7=O)C8=O)c6)ncn5)CC4)C3)cc2F)CC1. The number of halogens is 2. The first kappa shape index (κ1) is 48.0. The van der Waals surface area contributed by atoms with E-state index in [1.807, 2.05) is 30.3 Å². The summed E-state index contributed by atoms with van der Waals surface area (Å²) in [5, 5.41) is 14.9. The standard InChI is InChI=1S/C51H59F2N11O6/c1-50(2)13-18-61(19-14-50)28-34-23-37(53)40(24-36(34)52)63-29-45(67)60-51(30-63)15-20-62(21-16-51)42-25-41(57-31-58-42)55-26-32-6-3-7-33(22-32)27-56-43(65)10-5-17-54-38-9-4-8-35-46(38)49(70)64(48(35)69)39-11-12-44(66)59-47(39)68/h3-4,6-9,22-25,31,39,54H,5,10-21,26-30H2,1-2H3,(H,56,65)(H,60,67)(H,55,57,58)(H,59,66,68). The molecule has 0 radical (unpaired) electrons. The normalized spacial score (nSPS) is 20.0. The molecule has 6 amide bonds. The van der Waals surface area contributed by atoms with Gasteiger partial charge >= 0.3 is 0 Å². The topological polar surface area (TPSA) is 201 Å². The molecule has 9 rings (SSSR count). The third kappa shape index (κ3) is 10.7. The van der Waals surface area contributed by atoms with Gasteiger partial charge in [0.25, 0.3) is 11.8 Å². The van der Waals surface area contributed by atoms with Crippen LogP contribution in [0.2, 0.25) is 0 Å². The predicted molar refractivity (Wildman–Crippen MR) is 258 cm³/mol. The average molecular weight is 960 g/mol. The number of aromatic nitrogens is 2. The van der Waals surface area contributed by atoms with Gasteiger partial charge < -0.3 is 31.1 Å². The number of amides is 6. The van der Waals surface area contributed by atoms with Crippen LogP contribution in [0.3, 0.4) is 0 Å². The summed E-state index contributed by atoms with van der Waals surface area (Å²) in [6, 6.07) is 16.1. The summed E-state index contributed by atoms with van der Waals surface area (Å²) in [6.07, 6.45) is 5.47. The van der Waals surface area contributed by atoms with Crippen LogP contribution >= 0.6 is 0 Å². The Balaban J connectivity index is 0.719. The van der Waals surface area contributed by atoms with Crippen molar-refractivity contribution in [2.75, 3.05) is 66.2 Å². The molecule has 0 saturated carbocycles. The lowest BCUT2D eigenvalue weighted by Gasteiger charge is -2.48. The van der Waals surface area contributed by atoms with Crippen LogP contribution in [0.25, 0.3) is 0 Å². The van der Waals surface area contributed by atoms with Crippen LogP contribution in [0.5, 0.6) is 0 Å². The first-order chi connectivity index (χ1) is 33.6. The van der Waals surface area contributed by atoms with Gasteiger partial charge in [0.1, 0.15) is 35.6 Å². The van der Waals surface area contributed by atoms with E-state index in [9.17, 15) is 28.8 Å². The van der Waals surface area contributed by atoms with Crippen molar-refractivity contribution < 1.29 is 37.5 Å². The number of carbonyl (C=O) groups excluding carboxylic acids is 6. The van der Waals surface area contributed by atoms with Crippen molar-refractivity contribution >= 4 is 58.5 Å². The van der Waals surface area contributed by atoms with Crippen molar-refractivity contribution in [2.24, 2.45) is 5.41 Å². The highest BCUT2D eigenvalue weighted by atomic mass is 19.1. The lowest BCUT2D eigenvalue weighted by atomic mass is 9.82. The molecule has 70 heavy (non-hydrogen) atoms. The van der Waals surface area contributed by atoms with Gasteiger partial charge in [-0.1, -0.05) is 44.2 Å². The largest absolute Gasteiger partial charge is 0.384 e. The molecule has 5 aliphatic heterocycles. The molecule has 5 aliphatic rings. The van der Waals surface area contributed by atoms with Gasteiger partial charge in [-0.25, -0.2) is 18.7 Å². The fourth-order valence-corrected chi connectivity index (χ4v) is 10.2. The van der Waals surface area contributed by atoms with Crippen molar-refractivity contribution in [2.45, 2.75) is 96.4 Å². The Morgan fingerprint density at radius 1 is 0.814 bits per heavy atom. The summed E-state index contributed by atoms with van der Waals surface area (Å²) >= 11 is 0. The maximum Gasteiger partial charge on any atom is 0.264 e. The van der Waals surface area contributed by atoms with Crippen LogP contribution in [0.1, 0.15) is 103 Å². The van der Waals surface area contributed by atoms with Crippen LogP contribution in [0, 0.1) is 17.0 Å². The second kappa shape index (κ2) is 20.1. The highest BCUT2D eigenvalue weighted by Gasteiger charge is 2.46. The Bertz CT molecular complexity index is 2700. The molecule has 368 valence electrons. The molecule has 1 unspecified atom stereocenters. The quantitative estimate of drug-likeness (QED) is 0.0799. The van der Waals surface area contributed by atoms with E-state index < -0.39 is 46.8 Å². The number of rotatable bonds is 15. The average Bonchev–Trinajstić information content (AvgIpc) is 3.59. The summed E-state index contributed by atoms with van der Waals surface area (Å²) < 4.78 is 31.2. The second-order valence-electron chi connectivity index (χ2n) is 19.9. The minimum Gasteiger partial charge on any atom is -0.384 e. The number of carbonyl (C=O) groups is 6. The molecule has 1 aromatic heterocycles. The maximum absolute atomic E-state index is 15.7. The summed E-state index contributed by atoms with van der Waals surface area (Å²) in [7, 11) is 0. The number of likely N-dealkylation sites (tertiary alicyclic amines) is 1. The molecular formula is C51H59F2N11O6. The number of piperidine rings is 3. The molecule has 4 aromatic rings. The Labute approximate surface area is 405 Å². The number of piperazine rings is 1. The van der Waals surface area contributed by atoms with Gasteiger partial charge in [0, 0.05) is 82.0 Å². The van der Waals surface area contributed by atoms with E-state index in [0.717, 1.165) is 47.8 Å². The zero-order valence-electron chi connectivity index (χ0n) is 39.5. The van der Waals surface area contributed by atoms with E-state index in [0.29, 0.717) is 82.1 Å². The third-order valence-corrected chi connectivity index (χ3v) is 14.3. The van der Waals surface area contributed by atoms with Crippen molar-refractivity contribution in [3.63, 3.8) is 0 Å². The van der Waals surface area contributed by atoms with Gasteiger partial charge in [-0.2, -0.15) is 0 Å². The van der Waals surface area contributed by atoms with Gasteiger partial charge in [0.2, 0.25) is 23.6 Å². The zero-order valence-corrected chi connectivity index (χ0v) is 39.5. The van der Waals surface area contributed by atoms with Crippen molar-refractivity contribution in [1.82, 2.24) is 35.7 Å². The molecule has 4 fully saturated rings. The number of benzene rings is 3. The molecule has 4 saturated heterocycles. The van der Waals surface area contributed by atoms with Gasteiger partial charge in [0.15, 0.2) is 0 Å². The van der Waals surface area contributed by atoms with Gasteiger partial charge in [-0.3, -0.25) is 43.9 Å². The number of nitrogens with zero attached hydrogens (tertiary/aromatic N) is 6. The molecule has 19 heteroatoms. The minimum atomic E-state index is -1.06. The molecule has 1 atom stereocenters. The van der Waals surface area contributed by atoms with E-state index in [-0.39, 0.29) is 59.9 Å². The Morgan fingerprint density at radius 3 is 2.34 bits per heavy atom. The molecule has 17 nitrogen and oxygen atoms in total. The highest BCUT2D eigenvalue weighted by Crippen LogP contribution is 2.36. The number of anilines is 4. The summed E-state index contributed by atoms with van der Waals surface area (Å²) in [4.78, 5) is 92.4. The fourth-order valence-electron chi connectivity index (χ4n) is 10.2. The Hall–Kier alpha value is -7.02. The number of imide groups is 2. The van der Waals surface area contributed by atoms with Crippen LogP contribution in [0.15, 0.2) is 67.0 Å². The molecule has 5 N–H and O–H groups in total. The monoisotopic (exact) mass is 959 g/mol. The highest BCUT2D eigenvalue weighted by molar-refractivity contribution is 6.25. The first-order valence-electron chi connectivity index (χ1n) is 24.1. The number of hydrogen-bond donors (Lipinski definition) is 5. The predicted octanol–water partition coefficient (Wildman–Crippen LogP) is 4.87. The molecule has 3 aromatic carbocycles. The molecule has 6 heterocycles. The van der Waals surface area contributed by atoms with Crippen molar-refractivity contribution in [3.8, 4) is 0 Å². The molecule has 0 bridgehead atoms. The van der Waals surface area contributed by atoms with Crippen LogP contribution < -0.4 is 36.4 Å². The lowest BCUT2D eigenvalue weighted by Crippen LogP contribution is -2.66. The van der Waals surface area contributed by atoms with Crippen LogP contribution in [-0.2, 0) is 38.8 Å². The number of fused-ring (bicyclic) bond motifs is 1. The first-order valence-corrected chi connectivity index (χ1v) is 24.1. The van der Waals surface area contributed by atoms with E-state index in [2.05, 4.69) is 60.2 Å². The summed E-state index contributed by atoms with van der Waals surface area (Å²) in [5.41, 5.74) is 2.76. The fraction of sp³-hybridized carbons (Fsp3) is 0.451. The Kier molecular flexibility index (Phi) is 13.8. The van der Waals surface area contributed by atoms with E-state index in [1.54, 1.807) is 17.0 Å². The van der Waals surface area contributed by atoms with Crippen molar-refractivity contribution in [3.05, 3.63) is 106 Å². The zero-order chi connectivity index (χ0) is 49.2.